The standard InChI is InChI=1S/C23H16Cl2N6O3S/c1-13-9-14(24)10-16(22(32)28-7-5-26)20(13)29-23(33)18-11-19(34-15-4-8-35-12-15)30-31(18)21-17(25)3-2-6-27-21/h2-4,6,8-12H,7H2,1H3,(H,28,32)(H,29,33). The van der Waals surface area contributed by atoms with E-state index in [0.29, 0.717) is 16.3 Å². The molecule has 0 aliphatic heterocycles. The number of nitriles is 1. The molecular formula is C23H16Cl2N6O3S. The summed E-state index contributed by atoms with van der Waals surface area (Å²) < 4.78 is 7.03. The fourth-order valence-corrected chi connectivity index (χ4v) is 4.20. The van der Waals surface area contributed by atoms with Crippen molar-refractivity contribution in [2.45, 2.75) is 6.92 Å². The van der Waals surface area contributed by atoms with Crippen molar-refractivity contribution >= 4 is 52.0 Å². The van der Waals surface area contributed by atoms with Crippen molar-refractivity contribution in [2.75, 3.05) is 11.9 Å². The Labute approximate surface area is 213 Å². The minimum absolute atomic E-state index is 0.0635. The molecule has 0 unspecified atom stereocenters. The van der Waals surface area contributed by atoms with E-state index in [1.54, 1.807) is 36.6 Å². The Morgan fingerprint density at radius 1 is 1.23 bits per heavy atom. The molecule has 9 nitrogen and oxygen atoms in total. The molecule has 0 spiro atoms. The number of nitrogens with one attached hydrogen (secondary N) is 2. The molecule has 0 fully saturated rings. The summed E-state index contributed by atoms with van der Waals surface area (Å²) in [7, 11) is 0. The van der Waals surface area contributed by atoms with Gasteiger partial charge in [0, 0.05) is 22.7 Å². The van der Waals surface area contributed by atoms with Gasteiger partial charge in [-0.2, -0.15) is 5.26 Å². The van der Waals surface area contributed by atoms with Gasteiger partial charge in [-0.05, 0) is 48.2 Å². The highest BCUT2D eigenvalue weighted by Crippen LogP contribution is 2.29. The van der Waals surface area contributed by atoms with Gasteiger partial charge in [-0.3, -0.25) is 9.59 Å². The maximum Gasteiger partial charge on any atom is 0.274 e. The number of pyridine rings is 1. The number of rotatable bonds is 7. The van der Waals surface area contributed by atoms with E-state index in [-0.39, 0.29) is 40.2 Å². The molecule has 1 aromatic carbocycles. The summed E-state index contributed by atoms with van der Waals surface area (Å²) in [6, 6.07) is 11.3. The summed E-state index contributed by atoms with van der Waals surface area (Å²) in [5.41, 5.74) is 0.948. The molecule has 3 aromatic heterocycles. The van der Waals surface area contributed by atoms with Crippen molar-refractivity contribution in [3.05, 3.63) is 80.2 Å². The Bertz CT molecular complexity index is 1450. The fourth-order valence-electron chi connectivity index (χ4n) is 3.18. The molecule has 3 heterocycles. The van der Waals surface area contributed by atoms with Crippen LogP contribution in [0.15, 0.2) is 53.4 Å². The summed E-state index contributed by atoms with van der Waals surface area (Å²) in [5.74, 6) is -0.229. The number of halogens is 2. The second kappa shape index (κ2) is 10.6. The Kier molecular flexibility index (Phi) is 7.31. The van der Waals surface area contributed by atoms with Crippen molar-refractivity contribution in [1.82, 2.24) is 20.1 Å². The van der Waals surface area contributed by atoms with Crippen LogP contribution in [0.4, 0.5) is 5.69 Å². The maximum absolute atomic E-state index is 13.4. The van der Waals surface area contributed by atoms with Gasteiger partial charge in [-0.15, -0.1) is 16.4 Å². The number of anilines is 1. The predicted molar refractivity (Wildman–Crippen MR) is 133 cm³/mol. The van der Waals surface area contributed by atoms with Gasteiger partial charge >= 0.3 is 0 Å². The molecule has 176 valence electrons. The highest BCUT2D eigenvalue weighted by atomic mass is 35.5. The van der Waals surface area contributed by atoms with Crippen LogP contribution < -0.4 is 15.4 Å². The number of aromatic nitrogens is 3. The van der Waals surface area contributed by atoms with Gasteiger partial charge in [0.05, 0.1) is 22.3 Å². The number of carbonyl (C=O) groups is 2. The lowest BCUT2D eigenvalue weighted by atomic mass is 10.1. The van der Waals surface area contributed by atoms with Crippen LogP contribution in [-0.2, 0) is 0 Å². The molecule has 4 rings (SSSR count). The average Bonchev–Trinajstić information content (AvgIpc) is 3.49. The number of ether oxygens (including phenoxy) is 1. The number of nitrogens with zero attached hydrogens (tertiary/aromatic N) is 4. The number of hydrogen-bond acceptors (Lipinski definition) is 7. The van der Waals surface area contributed by atoms with E-state index >= 15 is 0 Å². The van der Waals surface area contributed by atoms with Crippen LogP contribution >= 0.6 is 34.5 Å². The van der Waals surface area contributed by atoms with Gasteiger partial charge in [0.25, 0.3) is 11.8 Å². The molecule has 0 aliphatic rings. The van der Waals surface area contributed by atoms with E-state index in [2.05, 4.69) is 20.7 Å². The van der Waals surface area contributed by atoms with Gasteiger partial charge in [0.1, 0.15) is 18.0 Å². The zero-order valence-electron chi connectivity index (χ0n) is 18.1. The highest BCUT2D eigenvalue weighted by Gasteiger charge is 2.23. The van der Waals surface area contributed by atoms with Crippen molar-refractivity contribution in [2.24, 2.45) is 0 Å². The minimum Gasteiger partial charge on any atom is -0.437 e. The van der Waals surface area contributed by atoms with Crippen molar-refractivity contribution in [3.63, 3.8) is 0 Å². The van der Waals surface area contributed by atoms with Gasteiger partial charge < -0.3 is 15.4 Å². The Morgan fingerprint density at radius 3 is 2.77 bits per heavy atom. The molecule has 0 saturated heterocycles. The first-order valence-corrected chi connectivity index (χ1v) is 11.7. The molecule has 12 heteroatoms. The van der Waals surface area contributed by atoms with Crippen LogP contribution in [0, 0.1) is 18.3 Å². The molecule has 0 atom stereocenters. The summed E-state index contributed by atoms with van der Waals surface area (Å²) in [4.78, 5) is 30.3. The van der Waals surface area contributed by atoms with E-state index < -0.39 is 11.8 Å². The summed E-state index contributed by atoms with van der Waals surface area (Å²) in [5, 5.41) is 22.6. The number of amides is 2. The Morgan fingerprint density at radius 2 is 2.06 bits per heavy atom. The molecule has 4 aromatic rings. The molecule has 35 heavy (non-hydrogen) atoms. The maximum atomic E-state index is 13.4. The molecule has 0 aliphatic carbocycles. The number of benzene rings is 1. The largest absolute Gasteiger partial charge is 0.437 e. The van der Waals surface area contributed by atoms with Crippen LogP contribution in [0.3, 0.4) is 0 Å². The van der Waals surface area contributed by atoms with Gasteiger partial charge in [-0.1, -0.05) is 23.2 Å². The van der Waals surface area contributed by atoms with E-state index in [1.165, 1.54) is 34.3 Å². The lowest BCUT2D eigenvalue weighted by molar-refractivity contribution is 0.0959. The Balaban J connectivity index is 1.74. The van der Waals surface area contributed by atoms with Crippen molar-refractivity contribution < 1.29 is 14.3 Å². The normalized spacial score (nSPS) is 10.5. The molecule has 2 amide bonds. The molecule has 0 bridgehead atoms. The van der Waals surface area contributed by atoms with E-state index in [0.717, 1.165) is 0 Å². The fraction of sp³-hybridized carbons (Fsp3) is 0.0870. The smallest absolute Gasteiger partial charge is 0.274 e. The third-order valence-electron chi connectivity index (χ3n) is 4.69. The number of hydrogen-bond donors (Lipinski definition) is 2. The predicted octanol–water partition coefficient (Wildman–Crippen LogP) is 5.24. The first-order valence-electron chi connectivity index (χ1n) is 10.0. The van der Waals surface area contributed by atoms with Crippen LogP contribution in [0.1, 0.15) is 26.4 Å². The van der Waals surface area contributed by atoms with E-state index in [4.69, 9.17) is 33.2 Å². The Hall–Kier alpha value is -3.91. The number of carbonyl (C=O) groups excluding carboxylic acids is 2. The van der Waals surface area contributed by atoms with Gasteiger partial charge in [0.15, 0.2) is 5.82 Å². The first-order chi connectivity index (χ1) is 16.9. The number of thiophene rings is 1. The highest BCUT2D eigenvalue weighted by molar-refractivity contribution is 7.08. The first kappa shape index (κ1) is 24.2. The van der Waals surface area contributed by atoms with Gasteiger partial charge in [-0.25, -0.2) is 9.67 Å². The molecular weight excluding hydrogens is 511 g/mol. The third kappa shape index (κ3) is 5.44. The molecule has 0 saturated carbocycles. The SMILES string of the molecule is Cc1cc(Cl)cc(C(=O)NCC#N)c1NC(=O)c1cc(Oc2ccsc2)nn1-c1ncccc1Cl. The van der Waals surface area contributed by atoms with Crippen molar-refractivity contribution in [3.8, 4) is 23.5 Å². The monoisotopic (exact) mass is 526 g/mol. The molecule has 0 radical (unpaired) electrons. The van der Waals surface area contributed by atoms with Crippen LogP contribution in [-0.4, -0.2) is 33.1 Å². The van der Waals surface area contributed by atoms with E-state index in [9.17, 15) is 9.59 Å². The average molecular weight is 527 g/mol. The lowest BCUT2D eigenvalue weighted by Crippen LogP contribution is -2.26. The lowest BCUT2D eigenvalue weighted by Gasteiger charge is -2.15. The summed E-state index contributed by atoms with van der Waals surface area (Å²) in [6.45, 7) is 1.49. The second-order valence-electron chi connectivity index (χ2n) is 7.09. The number of aryl methyl sites for hydroxylation is 1. The second-order valence-corrected chi connectivity index (χ2v) is 8.71. The topological polar surface area (TPSA) is 122 Å². The zero-order valence-corrected chi connectivity index (χ0v) is 20.4. The van der Waals surface area contributed by atoms with E-state index in [1.807, 2.05) is 11.4 Å². The van der Waals surface area contributed by atoms with Crippen LogP contribution in [0.2, 0.25) is 10.0 Å². The third-order valence-corrected chi connectivity index (χ3v) is 5.86. The summed E-state index contributed by atoms with van der Waals surface area (Å²) in [6.07, 6.45) is 1.52. The quantitative estimate of drug-likeness (QED) is 0.317. The zero-order chi connectivity index (χ0) is 24.9. The van der Waals surface area contributed by atoms with Crippen LogP contribution in [0.5, 0.6) is 11.6 Å². The van der Waals surface area contributed by atoms with Crippen LogP contribution in [0.25, 0.3) is 5.82 Å². The summed E-state index contributed by atoms with van der Waals surface area (Å²) >= 11 is 13.9. The van der Waals surface area contributed by atoms with Gasteiger partial charge in [0.2, 0.25) is 5.88 Å². The minimum atomic E-state index is -0.598. The molecule has 2 N–H and O–H groups in total. The van der Waals surface area contributed by atoms with Crippen molar-refractivity contribution in [1.29, 1.82) is 5.26 Å².